The van der Waals surface area contributed by atoms with Crippen molar-refractivity contribution in [1.29, 1.82) is 0 Å². The van der Waals surface area contributed by atoms with E-state index < -0.39 is 0 Å². The third-order valence-corrected chi connectivity index (χ3v) is 6.36. The number of benzene rings is 2. The van der Waals surface area contributed by atoms with Crippen LogP contribution in [0.1, 0.15) is 29.0 Å². The molecule has 2 aromatic carbocycles. The molecule has 1 N–H and O–H groups in total. The third kappa shape index (κ3) is 1.91. The van der Waals surface area contributed by atoms with Crippen molar-refractivity contribution in [1.82, 2.24) is 5.32 Å². The quantitative estimate of drug-likeness (QED) is 0.848. The largest absolute Gasteiger partial charge is 0.367 e. The molecule has 23 heavy (non-hydrogen) atoms. The lowest BCUT2D eigenvalue weighted by Gasteiger charge is -2.32. The van der Waals surface area contributed by atoms with Gasteiger partial charge >= 0.3 is 0 Å². The predicted molar refractivity (Wildman–Crippen MR) is 96.7 cm³/mol. The molecule has 3 heterocycles. The molecule has 3 heteroatoms. The maximum atomic E-state index is 6.36. The summed E-state index contributed by atoms with van der Waals surface area (Å²) in [6.45, 7) is 5.59. The van der Waals surface area contributed by atoms with E-state index >= 15 is 0 Å². The van der Waals surface area contributed by atoms with Crippen LogP contribution in [0, 0.1) is 6.92 Å². The molecule has 1 saturated heterocycles. The SMILES string of the molecule is Cc1c(Cl)cccc1-c1cc2c3c(c1)[C@@H]1CNCC[C@@H]1N3CC2. The fourth-order valence-corrected chi connectivity index (χ4v) is 5.01. The van der Waals surface area contributed by atoms with Crippen molar-refractivity contribution < 1.29 is 0 Å². The van der Waals surface area contributed by atoms with E-state index in [-0.39, 0.29) is 0 Å². The number of nitrogens with zero attached hydrogens (tertiary/aromatic N) is 1. The average Bonchev–Trinajstić information content (AvgIpc) is 3.13. The Balaban J connectivity index is 1.69. The molecule has 0 spiro atoms. The second-order valence-electron chi connectivity index (χ2n) is 7.10. The molecule has 0 amide bonds. The van der Waals surface area contributed by atoms with E-state index in [0.717, 1.165) is 18.1 Å². The second-order valence-corrected chi connectivity index (χ2v) is 7.50. The van der Waals surface area contributed by atoms with Crippen LogP contribution in [0.25, 0.3) is 11.1 Å². The van der Waals surface area contributed by atoms with Crippen molar-refractivity contribution in [2.45, 2.75) is 31.7 Å². The standard InChI is InChI=1S/C20H21ClN2/c1-12-15(3-2-4-18(12)21)14-9-13-6-8-23-19-5-7-22-11-17(19)16(10-14)20(13)23/h2-4,9-10,17,19,22H,5-8,11H2,1H3/t17-,19-/m0/s1. The molecular formula is C20H21ClN2. The van der Waals surface area contributed by atoms with Crippen molar-refractivity contribution in [2.24, 2.45) is 0 Å². The molecule has 2 atom stereocenters. The first-order valence-electron chi connectivity index (χ1n) is 8.63. The predicted octanol–water partition coefficient (Wildman–Crippen LogP) is 4.14. The molecule has 1 fully saturated rings. The smallest absolute Gasteiger partial charge is 0.0441 e. The molecule has 0 unspecified atom stereocenters. The molecule has 118 valence electrons. The van der Waals surface area contributed by atoms with Crippen molar-refractivity contribution in [2.75, 3.05) is 24.5 Å². The van der Waals surface area contributed by atoms with Crippen LogP contribution in [-0.2, 0) is 6.42 Å². The second kappa shape index (κ2) is 4.99. The zero-order chi connectivity index (χ0) is 15.6. The highest BCUT2D eigenvalue weighted by molar-refractivity contribution is 6.31. The zero-order valence-corrected chi connectivity index (χ0v) is 14.2. The Morgan fingerprint density at radius 3 is 3.09 bits per heavy atom. The maximum absolute atomic E-state index is 6.36. The van der Waals surface area contributed by atoms with Crippen LogP contribution in [0.3, 0.4) is 0 Å². The van der Waals surface area contributed by atoms with Gasteiger partial charge in [-0.1, -0.05) is 23.7 Å². The molecule has 0 bridgehead atoms. The highest BCUT2D eigenvalue weighted by Gasteiger charge is 2.43. The molecule has 2 nitrogen and oxygen atoms in total. The summed E-state index contributed by atoms with van der Waals surface area (Å²) in [6, 6.07) is 11.8. The van der Waals surface area contributed by atoms with Gasteiger partial charge in [-0.2, -0.15) is 0 Å². The van der Waals surface area contributed by atoms with Gasteiger partial charge in [-0.3, -0.25) is 0 Å². The van der Waals surface area contributed by atoms with Gasteiger partial charge < -0.3 is 10.2 Å². The van der Waals surface area contributed by atoms with E-state index in [2.05, 4.69) is 41.4 Å². The van der Waals surface area contributed by atoms with Gasteiger partial charge in [0.25, 0.3) is 0 Å². The van der Waals surface area contributed by atoms with Gasteiger partial charge in [0.1, 0.15) is 0 Å². The van der Waals surface area contributed by atoms with Crippen molar-refractivity contribution in [3.05, 3.63) is 52.0 Å². The first-order chi connectivity index (χ1) is 11.2. The fraction of sp³-hybridized carbons (Fsp3) is 0.400. The molecule has 0 aliphatic carbocycles. The number of hydrogen-bond donors (Lipinski definition) is 1. The lowest BCUT2D eigenvalue weighted by Crippen LogP contribution is -2.43. The van der Waals surface area contributed by atoms with Crippen molar-refractivity contribution in [3.63, 3.8) is 0 Å². The van der Waals surface area contributed by atoms with Crippen molar-refractivity contribution in [3.8, 4) is 11.1 Å². The summed E-state index contributed by atoms with van der Waals surface area (Å²) in [5.74, 6) is 0.650. The minimum atomic E-state index is 0.650. The molecule has 2 aromatic rings. The molecule has 5 rings (SSSR count). The summed E-state index contributed by atoms with van der Waals surface area (Å²) in [7, 11) is 0. The normalized spacial score (nSPS) is 24.7. The molecule has 0 saturated carbocycles. The summed E-state index contributed by atoms with van der Waals surface area (Å²) in [5, 5.41) is 4.45. The topological polar surface area (TPSA) is 15.3 Å². The Bertz CT molecular complexity index is 798. The van der Waals surface area contributed by atoms with Crippen LogP contribution in [0.2, 0.25) is 5.02 Å². The molecule has 0 aromatic heterocycles. The van der Waals surface area contributed by atoms with E-state index in [1.54, 1.807) is 11.3 Å². The summed E-state index contributed by atoms with van der Waals surface area (Å²) in [6.07, 6.45) is 2.46. The Morgan fingerprint density at radius 1 is 1.26 bits per heavy atom. The summed E-state index contributed by atoms with van der Waals surface area (Å²) < 4.78 is 0. The number of anilines is 1. The van der Waals surface area contributed by atoms with Gasteiger partial charge in [0.2, 0.25) is 0 Å². The zero-order valence-electron chi connectivity index (χ0n) is 13.4. The fourth-order valence-electron chi connectivity index (χ4n) is 4.84. The Morgan fingerprint density at radius 2 is 2.17 bits per heavy atom. The number of nitrogens with one attached hydrogen (secondary N) is 1. The Labute approximate surface area is 142 Å². The molecule has 3 aliphatic rings. The van der Waals surface area contributed by atoms with Gasteiger partial charge in [-0.05, 0) is 72.3 Å². The summed E-state index contributed by atoms with van der Waals surface area (Å²) in [5.41, 5.74) is 8.45. The highest BCUT2D eigenvalue weighted by Crippen LogP contribution is 2.50. The molecule has 3 aliphatic heterocycles. The number of rotatable bonds is 1. The van der Waals surface area contributed by atoms with Crippen LogP contribution in [0.15, 0.2) is 30.3 Å². The minimum Gasteiger partial charge on any atom is -0.367 e. The van der Waals surface area contributed by atoms with Gasteiger partial charge in [-0.25, -0.2) is 0 Å². The van der Waals surface area contributed by atoms with E-state index in [0.29, 0.717) is 12.0 Å². The van der Waals surface area contributed by atoms with Gasteiger partial charge in [-0.15, -0.1) is 0 Å². The lowest BCUT2D eigenvalue weighted by atomic mass is 9.86. The van der Waals surface area contributed by atoms with E-state index in [1.807, 2.05) is 6.07 Å². The van der Waals surface area contributed by atoms with Crippen LogP contribution < -0.4 is 10.2 Å². The Hall–Kier alpha value is -1.51. The van der Waals surface area contributed by atoms with Gasteiger partial charge in [0.05, 0.1) is 0 Å². The maximum Gasteiger partial charge on any atom is 0.0441 e. The monoisotopic (exact) mass is 324 g/mol. The van der Waals surface area contributed by atoms with E-state index in [4.69, 9.17) is 11.6 Å². The number of fused-ring (bicyclic) bond motifs is 3. The summed E-state index contributed by atoms with van der Waals surface area (Å²) >= 11 is 6.36. The van der Waals surface area contributed by atoms with Crippen LogP contribution in [-0.4, -0.2) is 25.7 Å². The number of halogens is 1. The van der Waals surface area contributed by atoms with E-state index in [1.165, 1.54) is 41.6 Å². The van der Waals surface area contributed by atoms with Gasteiger partial charge in [0, 0.05) is 35.8 Å². The number of hydrogen-bond acceptors (Lipinski definition) is 2. The van der Waals surface area contributed by atoms with Crippen LogP contribution in [0.4, 0.5) is 5.69 Å². The Kier molecular flexibility index (Phi) is 3.01. The van der Waals surface area contributed by atoms with Crippen LogP contribution >= 0.6 is 11.6 Å². The van der Waals surface area contributed by atoms with Crippen LogP contribution in [0.5, 0.6) is 0 Å². The third-order valence-electron chi connectivity index (χ3n) is 5.95. The highest BCUT2D eigenvalue weighted by atomic mass is 35.5. The summed E-state index contributed by atoms with van der Waals surface area (Å²) in [4.78, 5) is 2.69. The molecular weight excluding hydrogens is 304 g/mol. The number of piperidine rings is 1. The van der Waals surface area contributed by atoms with Crippen molar-refractivity contribution >= 4 is 17.3 Å². The van der Waals surface area contributed by atoms with E-state index in [9.17, 15) is 0 Å². The molecule has 0 radical (unpaired) electrons. The average molecular weight is 325 g/mol. The van der Waals surface area contributed by atoms with Gasteiger partial charge in [0.15, 0.2) is 0 Å². The first-order valence-corrected chi connectivity index (χ1v) is 9.01. The minimum absolute atomic E-state index is 0.650. The lowest BCUT2D eigenvalue weighted by molar-refractivity contribution is 0.405. The first kappa shape index (κ1) is 13.9.